The van der Waals surface area contributed by atoms with Gasteiger partial charge in [0.15, 0.2) is 0 Å². The van der Waals surface area contributed by atoms with Gasteiger partial charge >= 0.3 is 0 Å². The van der Waals surface area contributed by atoms with Gasteiger partial charge in [0.25, 0.3) is 6.43 Å². The molecule has 3 N–H and O–H groups in total. The Morgan fingerprint density at radius 2 is 1.58 bits per heavy atom. The van der Waals surface area contributed by atoms with Crippen molar-refractivity contribution in [2.75, 3.05) is 0 Å². The minimum atomic E-state index is -3.82. The highest BCUT2D eigenvalue weighted by atomic mass is 32.2. The number of alkyl halides is 2. The zero-order chi connectivity index (χ0) is 17.3. The fraction of sp³-hybridized carbons (Fsp3) is 0.0625. The van der Waals surface area contributed by atoms with Crippen LogP contribution in [0.1, 0.15) is 12.1 Å². The smallest absolute Gasteiger partial charge is 0.277 e. The molecular weight excluding hydrogens is 336 g/mol. The Hall–Kier alpha value is -2.58. The number of nitrogens with one attached hydrogen (secondary N) is 1. The number of aromatic nitrogens is 2. The van der Waals surface area contributed by atoms with E-state index in [2.05, 4.69) is 10.2 Å². The largest absolute Gasteiger partial charge is 0.282 e. The fourth-order valence-electron chi connectivity index (χ4n) is 2.43. The lowest BCUT2D eigenvalue weighted by atomic mass is 9.99. The summed E-state index contributed by atoms with van der Waals surface area (Å²) in [6.45, 7) is 0. The molecule has 8 heteroatoms. The van der Waals surface area contributed by atoms with Crippen molar-refractivity contribution in [1.29, 1.82) is 0 Å². The number of hydrogen-bond acceptors (Lipinski definition) is 3. The number of hydrogen-bond donors (Lipinski definition) is 2. The maximum atomic E-state index is 13.3. The van der Waals surface area contributed by atoms with Crippen molar-refractivity contribution in [3.8, 4) is 22.4 Å². The predicted molar refractivity (Wildman–Crippen MR) is 85.8 cm³/mol. The molecule has 0 aliphatic heterocycles. The van der Waals surface area contributed by atoms with Crippen molar-refractivity contribution in [3.63, 3.8) is 0 Å². The zero-order valence-corrected chi connectivity index (χ0v) is 13.1. The zero-order valence-electron chi connectivity index (χ0n) is 12.3. The van der Waals surface area contributed by atoms with E-state index in [0.29, 0.717) is 16.8 Å². The van der Waals surface area contributed by atoms with E-state index >= 15 is 0 Å². The molecular formula is C16H13F2N3O2S. The first-order valence-corrected chi connectivity index (χ1v) is 8.47. The van der Waals surface area contributed by atoms with Gasteiger partial charge in [-0.15, -0.1) is 0 Å². The number of nitrogens with two attached hydrogens (primary N) is 1. The minimum absolute atomic E-state index is 0.0545. The Balaban J connectivity index is 2.15. The Morgan fingerprint density at radius 3 is 2.12 bits per heavy atom. The minimum Gasteiger partial charge on any atom is -0.277 e. The number of halogens is 2. The molecule has 0 bridgehead atoms. The van der Waals surface area contributed by atoms with Crippen LogP contribution in [0.15, 0.2) is 59.5 Å². The van der Waals surface area contributed by atoms with Gasteiger partial charge in [-0.05, 0) is 17.7 Å². The maximum Gasteiger partial charge on any atom is 0.282 e. The number of aromatic amines is 1. The van der Waals surface area contributed by atoms with Crippen LogP contribution in [0.25, 0.3) is 22.4 Å². The molecule has 3 aromatic rings. The first kappa shape index (κ1) is 16.3. The van der Waals surface area contributed by atoms with Crippen molar-refractivity contribution in [2.45, 2.75) is 11.3 Å². The third kappa shape index (κ3) is 3.06. The van der Waals surface area contributed by atoms with Crippen molar-refractivity contribution < 1.29 is 17.2 Å². The Labute approximate surface area is 137 Å². The first-order chi connectivity index (χ1) is 11.4. The van der Waals surface area contributed by atoms with Crippen LogP contribution < -0.4 is 5.14 Å². The van der Waals surface area contributed by atoms with Crippen LogP contribution >= 0.6 is 0 Å². The monoisotopic (exact) mass is 349 g/mol. The average molecular weight is 349 g/mol. The molecule has 1 aromatic heterocycles. The topological polar surface area (TPSA) is 88.8 Å². The molecule has 0 aliphatic rings. The number of benzene rings is 2. The highest BCUT2D eigenvalue weighted by molar-refractivity contribution is 7.89. The summed E-state index contributed by atoms with van der Waals surface area (Å²) in [5.74, 6) is 0. The summed E-state index contributed by atoms with van der Waals surface area (Å²) in [4.78, 5) is -0.0545. The molecule has 3 rings (SSSR count). The molecule has 0 atom stereocenters. The Kier molecular flexibility index (Phi) is 4.16. The number of rotatable bonds is 4. The van der Waals surface area contributed by atoms with Crippen LogP contribution in [0.4, 0.5) is 8.78 Å². The summed E-state index contributed by atoms with van der Waals surface area (Å²) in [6.07, 6.45) is -2.74. The van der Waals surface area contributed by atoms with Gasteiger partial charge in [-0.25, -0.2) is 22.3 Å². The van der Waals surface area contributed by atoms with Crippen LogP contribution in [0.2, 0.25) is 0 Å². The highest BCUT2D eigenvalue weighted by Gasteiger charge is 2.23. The van der Waals surface area contributed by atoms with E-state index in [0.717, 1.165) is 0 Å². The van der Waals surface area contributed by atoms with E-state index in [9.17, 15) is 17.2 Å². The predicted octanol–water partition coefficient (Wildman–Crippen LogP) is 3.33. The van der Waals surface area contributed by atoms with E-state index in [-0.39, 0.29) is 16.2 Å². The molecule has 0 radical (unpaired) electrons. The third-order valence-corrected chi connectivity index (χ3v) is 4.46. The van der Waals surface area contributed by atoms with E-state index < -0.39 is 16.4 Å². The molecule has 0 spiro atoms. The lowest BCUT2D eigenvalue weighted by molar-refractivity contribution is 0.146. The van der Waals surface area contributed by atoms with E-state index in [1.165, 1.54) is 24.3 Å². The van der Waals surface area contributed by atoms with Crippen LogP contribution in [0, 0.1) is 0 Å². The number of H-pyrrole nitrogens is 1. The number of primary sulfonamides is 1. The lowest BCUT2D eigenvalue weighted by Gasteiger charge is -2.07. The summed E-state index contributed by atoms with van der Waals surface area (Å²) in [5, 5.41) is 11.4. The molecule has 0 saturated heterocycles. The summed E-state index contributed by atoms with van der Waals surface area (Å²) < 4.78 is 49.2. The van der Waals surface area contributed by atoms with Crippen LogP contribution in [0.5, 0.6) is 0 Å². The van der Waals surface area contributed by atoms with Gasteiger partial charge in [0, 0.05) is 11.1 Å². The second kappa shape index (κ2) is 6.14. The van der Waals surface area contributed by atoms with Crippen molar-refractivity contribution in [2.24, 2.45) is 5.14 Å². The summed E-state index contributed by atoms with van der Waals surface area (Å²) in [6, 6.07) is 14.3. The summed E-state index contributed by atoms with van der Waals surface area (Å²) in [7, 11) is -3.82. The molecule has 124 valence electrons. The quantitative estimate of drug-likeness (QED) is 0.757. The molecule has 0 unspecified atom stereocenters. The van der Waals surface area contributed by atoms with Gasteiger partial charge < -0.3 is 0 Å². The molecule has 1 heterocycles. The molecule has 0 amide bonds. The van der Waals surface area contributed by atoms with E-state index in [1.807, 2.05) is 0 Å². The van der Waals surface area contributed by atoms with Crippen LogP contribution in [-0.2, 0) is 10.0 Å². The Bertz CT molecular complexity index is 953. The highest BCUT2D eigenvalue weighted by Crippen LogP contribution is 2.37. The van der Waals surface area contributed by atoms with Crippen LogP contribution in [-0.4, -0.2) is 18.6 Å². The summed E-state index contributed by atoms with van der Waals surface area (Å²) in [5.41, 5.74) is 1.44. The molecule has 0 saturated carbocycles. The molecule has 0 fully saturated rings. The average Bonchev–Trinajstić information content (AvgIpc) is 3.00. The van der Waals surface area contributed by atoms with Gasteiger partial charge in [0.05, 0.1) is 10.6 Å². The standard InChI is InChI=1S/C16H13F2N3O2S/c17-16(18)15-13(10-4-2-1-3-5-10)14(20-21-15)11-6-8-12(9-7-11)24(19,22)23/h1-9,16H,(H,20,21)(H2,19,22,23). The number of nitrogens with zero attached hydrogens (tertiary/aromatic N) is 1. The van der Waals surface area contributed by atoms with Gasteiger partial charge in [-0.1, -0.05) is 42.5 Å². The normalized spacial score (nSPS) is 11.8. The summed E-state index contributed by atoms with van der Waals surface area (Å²) >= 11 is 0. The fourth-order valence-corrected chi connectivity index (χ4v) is 2.95. The van der Waals surface area contributed by atoms with Crippen molar-refractivity contribution >= 4 is 10.0 Å². The maximum absolute atomic E-state index is 13.3. The van der Waals surface area contributed by atoms with Crippen molar-refractivity contribution in [1.82, 2.24) is 10.2 Å². The van der Waals surface area contributed by atoms with Gasteiger partial charge in [0.2, 0.25) is 10.0 Å². The molecule has 0 aliphatic carbocycles. The van der Waals surface area contributed by atoms with Crippen LogP contribution in [0.3, 0.4) is 0 Å². The van der Waals surface area contributed by atoms with E-state index in [1.54, 1.807) is 30.3 Å². The molecule has 2 aromatic carbocycles. The van der Waals surface area contributed by atoms with Crippen molar-refractivity contribution in [3.05, 3.63) is 60.3 Å². The second-order valence-electron chi connectivity index (χ2n) is 5.09. The lowest BCUT2D eigenvalue weighted by Crippen LogP contribution is -2.11. The van der Waals surface area contributed by atoms with Gasteiger partial charge in [0.1, 0.15) is 5.69 Å². The van der Waals surface area contributed by atoms with Gasteiger partial charge in [-0.2, -0.15) is 5.10 Å². The van der Waals surface area contributed by atoms with Gasteiger partial charge in [-0.3, -0.25) is 5.10 Å². The molecule has 5 nitrogen and oxygen atoms in total. The number of sulfonamides is 1. The van der Waals surface area contributed by atoms with E-state index in [4.69, 9.17) is 5.14 Å². The SMILES string of the molecule is NS(=O)(=O)c1ccc(-c2[nH]nc(C(F)F)c2-c2ccccc2)cc1. The first-order valence-electron chi connectivity index (χ1n) is 6.93. The second-order valence-corrected chi connectivity index (χ2v) is 6.66. The Morgan fingerprint density at radius 1 is 0.958 bits per heavy atom. The molecule has 24 heavy (non-hydrogen) atoms. The third-order valence-electron chi connectivity index (χ3n) is 3.53.